The average Bonchev–Trinajstić information content (AvgIpc) is 3.03. The van der Waals surface area contributed by atoms with E-state index < -0.39 is 24.0 Å². The summed E-state index contributed by atoms with van der Waals surface area (Å²) in [7, 11) is 1.68. The summed E-state index contributed by atoms with van der Waals surface area (Å²) >= 11 is 0. The zero-order valence-corrected chi connectivity index (χ0v) is 25.3. The van der Waals surface area contributed by atoms with Gasteiger partial charge in [0, 0.05) is 36.3 Å². The second kappa shape index (κ2) is 13.6. The molecule has 0 unspecified atom stereocenters. The quantitative estimate of drug-likeness (QED) is 0.203. The van der Waals surface area contributed by atoms with Gasteiger partial charge in [-0.3, -0.25) is 4.79 Å². The Morgan fingerprint density at radius 1 is 1.00 bits per heavy atom. The zero-order chi connectivity index (χ0) is 32.1. The number of anilines is 3. The molecule has 1 aliphatic heterocycles. The van der Waals surface area contributed by atoms with Crippen LogP contribution in [0.25, 0.3) is 10.8 Å². The van der Waals surface area contributed by atoms with E-state index in [0.29, 0.717) is 22.8 Å². The second-order valence-electron chi connectivity index (χ2n) is 11.3. The van der Waals surface area contributed by atoms with Crippen molar-refractivity contribution in [2.75, 3.05) is 42.7 Å². The molecular formula is C34H36FN5O5. The molecule has 0 saturated heterocycles. The highest BCUT2D eigenvalue weighted by molar-refractivity contribution is 6.03. The van der Waals surface area contributed by atoms with Crippen LogP contribution in [0.1, 0.15) is 24.2 Å². The molecule has 234 valence electrons. The third-order valence-electron chi connectivity index (χ3n) is 7.86. The van der Waals surface area contributed by atoms with Gasteiger partial charge in [0.05, 0.1) is 30.4 Å². The first-order valence-electron chi connectivity index (χ1n) is 14.7. The van der Waals surface area contributed by atoms with E-state index in [4.69, 9.17) is 4.74 Å². The molecule has 45 heavy (non-hydrogen) atoms. The summed E-state index contributed by atoms with van der Waals surface area (Å²) in [5.41, 5.74) is 1.63. The molecule has 0 aliphatic carbocycles. The third kappa shape index (κ3) is 7.32. The number of amides is 5. The van der Waals surface area contributed by atoms with E-state index in [1.54, 1.807) is 35.9 Å². The maximum Gasteiger partial charge on any atom is 0.323 e. The summed E-state index contributed by atoms with van der Waals surface area (Å²) < 4.78 is 19.6. The lowest BCUT2D eigenvalue weighted by Gasteiger charge is -2.38. The van der Waals surface area contributed by atoms with Gasteiger partial charge in [0.25, 0.3) is 5.91 Å². The number of benzene rings is 4. The van der Waals surface area contributed by atoms with E-state index in [1.165, 1.54) is 30.3 Å². The molecule has 10 nitrogen and oxygen atoms in total. The molecule has 4 aromatic carbocycles. The molecule has 4 N–H and O–H groups in total. The van der Waals surface area contributed by atoms with Crippen LogP contribution >= 0.6 is 0 Å². The van der Waals surface area contributed by atoms with E-state index in [-0.39, 0.29) is 43.1 Å². The smallest absolute Gasteiger partial charge is 0.323 e. The number of urea groups is 2. The molecular weight excluding hydrogens is 577 g/mol. The molecule has 0 aromatic heterocycles. The Bertz CT molecular complexity index is 1690. The number of hydrogen-bond acceptors (Lipinski definition) is 5. The molecule has 1 aliphatic rings. The predicted molar refractivity (Wildman–Crippen MR) is 172 cm³/mol. The first kappa shape index (κ1) is 31.3. The fourth-order valence-electron chi connectivity index (χ4n) is 5.24. The molecule has 0 fully saturated rings. The minimum absolute atomic E-state index is 0.203. The van der Waals surface area contributed by atoms with Crippen molar-refractivity contribution in [2.45, 2.75) is 26.0 Å². The Labute approximate surface area is 260 Å². The van der Waals surface area contributed by atoms with Gasteiger partial charge in [0.2, 0.25) is 0 Å². The molecule has 5 amide bonds. The summed E-state index contributed by atoms with van der Waals surface area (Å²) in [5, 5.41) is 20.2. The number of rotatable bonds is 7. The summed E-state index contributed by atoms with van der Waals surface area (Å²) in [6.45, 7) is 3.93. The number of nitrogens with zero attached hydrogens (tertiary/aromatic N) is 2. The number of nitrogens with one attached hydrogen (secondary N) is 3. The van der Waals surface area contributed by atoms with Crippen LogP contribution in [0, 0.1) is 11.7 Å². The fourth-order valence-corrected chi connectivity index (χ4v) is 5.24. The number of carbonyl (C=O) groups is 3. The van der Waals surface area contributed by atoms with Crippen LogP contribution in [0.15, 0.2) is 84.9 Å². The van der Waals surface area contributed by atoms with E-state index in [0.717, 1.165) is 10.8 Å². The van der Waals surface area contributed by atoms with E-state index >= 15 is 0 Å². The molecule has 11 heteroatoms. The van der Waals surface area contributed by atoms with Gasteiger partial charge in [0.15, 0.2) is 0 Å². The number of aliphatic hydroxyl groups excluding tert-OH is 1. The van der Waals surface area contributed by atoms with Crippen LogP contribution in [-0.2, 0) is 0 Å². The highest BCUT2D eigenvalue weighted by Gasteiger charge is 2.34. The van der Waals surface area contributed by atoms with Gasteiger partial charge >= 0.3 is 12.1 Å². The number of ether oxygens (including phenoxy) is 1. The van der Waals surface area contributed by atoms with Crippen LogP contribution < -0.4 is 20.7 Å². The number of likely N-dealkylation sites (N-methyl/N-ethyl adjacent to an activating group) is 1. The maximum atomic E-state index is 13.7. The van der Waals surface area contributed by atoms with Crippen LogP contribution in [0.3, 0.4) is 0 Å². The van der Waals surface area contributed by atoms with Crippen molar-refractivity contribution in [3.8, 4) is 5.75 Å². The molecule has 4 aromatic rings. The van der Waals surface area contributed by atoms with E-state index in [1.807, 2.05) is 49.4 Å². The van der Waals surface area contributed by atoms with Crippen LogP contribution in [0.4, 0.5) is 31.0 Å². The lowest BCUT2D eigenvalue weighted by molar-refractivity contribution is 0.0371. The molecule has 0 spiro atoms. The summed E-state index contributed by atoms with van der Waals surface area (Å²) in [6.07, 6.45) is -0.505. The SMILES string of the molecule is C[C@@H]1CN([C@H](C)CO)C(=O)c2cc(NC(=O)Nc3ccc(F)cc3)ccc2O[C@H]1CN(C)C(=O)Nc1cccc2ccccc12. The highest BCUT2D eigenvalue weighted by Crippen LogP contribution is 2.31. The normalized spacial score (nSPS) is 16.9. The van der Waals surface area contributed by atoms with Crippen LogP contribution in [0.2, 0.25) is 0 Å². The van der Waals surface area contributed by atoms with Crippen LogP contribution in [0.5, 0.6) is 5.75 Å². The minimum Gasteiger partial charge on any atom is -0.487 e. The standard InChI is InChI=1S/C34H36FN5O5/c1-21-18-40(22(2)20-41)32(42)28-17-26(37-33(43)36-25-13-11-24(35)12-14-25)15-16-30(28)45-31(21)19-39(3)34(44)38-29-10-6-8-23-7-4-5-9-27(23)29/h4-17,21-22,31,41H,18-20H2,1-3H3,(H,38,44)(H2,36,37,43)/t21-,22-,31+/m1/s1. The first-order valence-corrected chi connectivity index (χ1v) is 14.7. The van der Waals surface area contributed by atoms with Crippen molar-refractivity contribution in [3.05, 3.63) is 96.3 Å². The number of carbonyl (C=O) groups excluding carboxylic acids is 3. The van der Waals surface area contributed by atoms with Crippen molar-refractivity contribution in [1.29, 1.82) is 0 Å². The highest BCUT2D eigenvalue weighted by atomic mass is 19.1. The van der Waals surface area contributed by atoms with Gasteiger partial charge < -0.3 is 35.6 Å². The van der Waals surface area contributed by atoms with Gasteiger partial charge in [0.1, 0.15) is 17.7 Å². The summed E-state index contributed by atoms with van der Waals surface area (Å²) in [6, 6.07) is 22.2. The van der Waals surface area contributed by atoms with Gasteiger partial charge in [-0.05, 0) is 60.8 Å². The second-order valence-corrected chi connectivity index (χ2v) is 11.3. The topological polar surface area (TPSA) is 123 Å². The van der Waals surface area contributed by atoms with Crippen molar-refractivity contribution < 1.29 is 28.6 Å². The van der Waals surface area contributed by atoms with Gasteiger partial charge in [-0.2, -0.15) is 0 Å². The number of hydrogen-bond donors (Lipinski definition) is 4. The summed E-state index contributed by atoms with van der Waals surface area (Å²) in [5.74, 6) is -0.698. The Kier molecular flexibility index (Phi) is 9.48. The predicted octanol–water partition coefficient (Wildman–Crippen LogP) is 6.01. The van der Waals surface area contributed by atoms with Crippen molar-refractivity contribution in [3.63, 3.8) is 0 Å². The molecule has 0 bridgehead atoms. The molecule has 1 heterocycles. The Morgan fingerprint density at radius 2 is 1.69 bits per heavy atom. The van der Waals surface area contributed by atoms with Crippen molar-refractivity contribution in [2.24, 2.45) is 5.92 Å². The number of fused-ring (bicyclic) bond motifs is 2. The molecule has 0 saturated carbocycles. The van der Waals surface area contributed by atoms with Crippen LogP contribution in [-0.4, -0.2) is 71.8 Å². The zero-order valence-electron chi connectivity index (χ0n) is 25.3. The number of aliphatic hydroxyl groups is 1. The van der Waals surface area contributed by atoms with Crippen molar-refractivity contribution >= 4 is 45.8 Å². The van der Waals surface area contributed by atoms with Gasteiger partial charge in [-0.15, -0.1) is 0 Å². The Morgan fingerprint density at radius 3 is 2.44 bits per heavy atom. The van der Waals surface area contributed by atoms with Crippen molar-refractivity contribution in [1.82, 2.24) is 9.80 Å². The minimum atomic E-state index is -0.577. The Balaban J connectivity index is 1.35. The first-order chi connectivity index (χ1) is 21.6. The Hall–Kier alpha value is -5.16. The third-order valence-corrected chi connectivity index (χ3v) is 7.86. The average molecular weight is 614 g/mol. The maximum absolute atomic E-state index is 13.7. The van der Waals surface area contributed by atoms with Gasteiger partial charge in [-0.25, -0.2) is 14.0 Å². The summed E-state index contributed by atoms with van der Waals surface area (Å²) in [4.78, 5) is 42.8. The molecule has 0 radical (unpaired) electrons. The van der Waals surface area contributed by atoms with E-state index in [9.17, 15) is 23.9 Å². The fraction of sp³-hybridized carbons (Fsp3) is 0.265. The lowest BCUT2D eigenvalue weighted by atomic mass is 9.99. The lowest BCUT2D eigenvalue weighted by Crippen LogP contribution is -2.50. The monoisotopic (exact) mass is 613 g/mol. The molecule has 3 atom stereocenters. The number of halogens is 1. The van der Waals surface area contributed by atoms with E-state index in [2.05, 4.69) is 16.0 Å². The molecule has 5 rings (SSSR count). The largest absolute Gasteiger partial charge is 0.487 e. The van der Waals surface area contributed by atoms with Gasteiger partial charge in [-0.1, -0.05) is 43.3 Å².